The highest BCUT2D eigenvalue weighted by atomic mass is 15.3. The highest BCUT2D eigenvalue weighted by Crippen LogP contribution is 2.66. The van der Waals surface area contributed by atoms with Gasteiger partial charge in [0.1, 0.15) is 0 Å². The molecule has 396 valence electrons. The van der Waals surface area contributed by atoms with Gasteiger partial charge in [-0.2, -0.15) is 0 Å². The molecule has 0 N–H and O–H groups in total. The zero-order valence-corrected chi connectivity index (χ0v) is 50.4. The van der Waals surface area contributed by atoms with Gasteiger partial charge in [0, 0.05) is 50.8 Å². The molecular formula is C73H86BN3. The molecule has 3 heterocycles. The van der Waals surface area contributed by atoms with Crippen molar-refractivity contribution in [1.82, 2.24) is 0 Å². The van der Waals surface area contributed by atoms with Gasteiger partial charge in [-0.15, -0.1) is 0 Å². The third-order valence-electron chi connectivity index (χ3n) is 20.1. The maximum Gasteiger partial charge on any atom is 0.252 e. The second kappa shape index (κ2) is 16.5. The van der Waals surface area contributed by atoms with Gasteiger partial charge < -0.3 is 14.7 Å². The second-order valence-electron chi connectivity index (χ2n) is 30.3. The Kier molecular flexibility index (Phi) is 11.1. The topological polar surface area (TPSA) is 9.72 Å². The van der Waals surface area contributed by atoms with Gasteiger partial charge in [-0.25, -0.2) is 0 Å². The first-order valence-corrected chi connectivity index (χ1v) is 29.2. The van der Waals surface area contributed by atoms with Crippen molar-refractivity contribution in [3.63, 3.8) is 0 Å². The molecule has 3 aliphatic heterocycles. The van der Waals surface area contributed by atoms with Gasteiger partial charge in [0.2, 0.25) is 0 Å². The van der Waals surface area contributed by atoms with Crippen LogP contribution in [-0.4, -0.2) is 12.3 Å². The van der Waals surface area contributed by atoms with E-state index >= 15 is 0 Å². The smallest absolute Gasteiger partial charge is 0.252 e. The average Bonchev–Trinajstić information content (AvgIpc) is 3.66. The van der Waals surface area contributed by atoms with Gasteiger partial charge in [0.25, 0.3) is 6.71 Å². The molecule has 12 rings (SSSR count). The van der Waals surface area contributed by atoms with E-state index in [1.807, 2.05) is 0 Å². The quantitative estimate of drug-likeness (QED) is 0.163. The Balaban J connectivity index is 1.21. The lowest BCUT2D eigenvalue weighted by molar-refractivity contribution is 0.133. The summed E-state index contributed by atoms with van der Waals surface area (Å²) in [5.41, 5.74) is 28.1. The molecule has 7 aromatic carbocycles. The van der Waals surface area contributed by atoms with E-state index in [1.54, 1.807) is 0 Å². The summed E-state index contributed by atoms with van der Waals surface area (Å²) in [7, 11) is 0. The molecule has 7 aromatic rings. The summed E-state index contributed by atoms with van der Waals surface area (Å²) in [5, 5.41) is 0. The lowest BCUT2D eigenvalue weighted by atomic mass is 9.33. The molecule has 2 atom stereocenters. The summed E-state index contributed by atoms with van der Waals surface area (Å²) in [5.74, 6) is 0. The fourth-order valence-electron chi connectivity index (χ4n) is 14.5. The normalized spacial score (nSPS) is 20.9. The zero-order valence-electron chi connectivity index (χ0n) is 50.4. The van der Waals surface area contributed by atoms with E-state index in [1.165, 1.54) is 124 Å². The summed E-state index contributed by atoms with van der Waals surface area (Å²) in [6.45, 7) is 45.8. The first-order chi connectivity index (χ1) is 35.8. The van der Waals surface area contributed by atoms with Crippen LogP contribution in [0.2, 0.25) is 0 Å². The minimum Gasteiger partial charge on any atom is -0.334 e. The predicted octanol–water partition coefficient (Wildman–Crippen LogP) is 18.2. The predicted molar refractivity (Wildman–Crippen MR) is 334 cm³/mol. The summed E-state index contributed by atoms with van der Waals surface area (Å²) < 4.78 is 0. The number of hydrogen-bond donors (Lipinski definition) is 0. The molecule has 4 heteroatoms. The van der Waals surface area contributed by atoms with Crippen LogP contribution in [0.1, 0.15) is 195 Å². The Labute approximate surface area is 464 Å². The molecule has 1 saturated carbocycles. The number of rotatable bonds is 4. The molecular weight excluding hydrogens is 930 g/mol. The van der Waals surface area contributed by atoms with Crippen LogP contribution in [-0.2, 0) is 37.9 Å². The summed E-state index contributed by atoms with van der Waals surface area (Å²) in [6, 6.07) is 51.6. The molecule has 0 radical (unpaired) electrons. The molecule has 77 heavy (non-hydrogen) atoms. The summed E-state index contributed by atoms with van der Waals surface area (Å²) >= 11 is 0. The molecule has 0 aromatic heterocycles. The van der Waals surface area contributed by atoms with Crippen LogP contribution in [0.15, 0.2) is 127 Å². The van der Waals surface area contributed by atoms with Crippen LogP contribution in [0.25, 0.3) is 11.1 Å². The fourth-order valence-corrected chi connectivity index (χ4v) is 14.5. The maximum atomic E-state index is 2.77. The Bertz CT molecular complexity index is 3580. The standard InChI is InChI=1S/C73H86BN3/c1-45-37-47(66(2,3)4)25-30-58(45)75-61-42-51(77-60-32-27-49(68(8,9)10)39-55(60)72(18)35-36-73(72,77)19)28-29-56(61)74-57-43-53-54(71(16,17)34-33-70(53,14)15)44-62(57)76(64-41-50(69(11,12)13)40-63(75)65(64)74)59-31-26-48(67(5,6)7)38-52(59)46-23-21-20-22-24-46/h20-32,37-44H,33-36H2,1-19H3. The zero-order chi connectivity index (χ0) is 55.1. The lowest BCUT2D eigenvalue weighted by Gasteiger charge is -2.56. The van der Waals surface area contributed by atoms with Crippen molar-refractivity contribution in [2.75, 3.05) is 14.7 Å². The van der Waals surface area contributed by atoms with Crippen LogP contribution < -0.4 is 31.1 Å². The first kappa shape index (κ1) is 51.7. The number of aryl methyl sites for hydroxylation is 1. The number of fused-ring (bicyclic) bond motifs is 8. The van der Waals surface area contributed by atoms with E-state index in [2.05, 4.69) is 274 Å². The maximum absolute atomic E-state index is 2.77. The number of anilines is 8. The molecule has 2 aliphatic carbocycles. The van der Waals surface area contributed by atoms with E-state index in [9.17, 15) is 0 Å². The van der Waals surface area contributed by atoms with Crippen molar-refractivity contribution in [2.45, 2.75) is 201 Å². The highest BCUT2D eigenvalue weighted by Gasteiger charge is 2.63. The van der Waals surface area contributed by atoms with Crippen LogP contribution in [0.5, 0.6) is 0 Å². The summed E-state index contributed by atoms with van der Waals surface area (Å²) in [6.07, 6.45) is 4.67. The molecule has 3 nitrogen and oxygen atoms in total. The van der Waals surface area contributed by atoms with Crippen LogP contribution in [0.3, 0.4) is 0 Å². The number of hydrogen-bond acceptors (Lipinski definition) is 3. The van der Waals surface area contributed by atoms with Crippen LogP contribution >= 0.6 is 0 Å². The monoisotopic (exact) mass is 1020 g/mol. The van der Waals surface area contributed by atoms with Gasteiger partial charge in [0.15, 0.2) is 0 Å². The molecule has 5 aliphatic rings. The third-order valence-corrected chi connectivity index (χ3v) is 20.1. The van der Waals surface area contributed by atoms with Gasteiger partial charge in [-0.3, -0.25) is 0 Å². The molecule has 0 amide bonds. The van der Waals surface area contributed by atoms with Gasteiger partial charge >= 0.3 is 0 Å². The van der Waals surface area contributed by atoms with Crippen molar-refractivity contribution in [3.8, 4) is 11.1 Å². The Morgan fingerprint density at radius 1 is 0.403 bits per heavy atom. The average molecular weight is 1020 g/mol. The van der Waals surface area contributed by atoms with E-state index in [4.69, 9.17) is 0 Å². The van der Waals surface area contributed by atoms with Crippen molar-refractivity contribution in [3.05, 3.63) is 172 Å². The van der Waals surface area contributed by atoms with Crippen molar-refractivity contribution in [1.29, 1.82) is 0 Å². The van der Waals surface area contributed by atoms with Gasteiger partial charge in [-0.05, 0) is 193 Å². The van der Waals surface area contributed by atoms with E-state index in [0.29, 0.717) is 0 Å². The fraction of sp³-hybridized carbons (Fsp3) is 0.425. The van der Waals surface area contributed by atoms with Gasteiger partial charge in [0.05, 0.1) is 11.2 Å². The summed E-state index contributed by atoms with van der Waals surface area (Å²) in [4.78, 5) is 8.20. The minimum absolute atomic E-state index is 0.0121. The Morgan fingerprint density at radius 2 is 0.922 bits per heavy atom. The molecule has 0 bridgehead atoms. The first-order valence-electron chi connectivity index (χ1n) is 29.2. The van der Waals surface area contributed by atoms with E-state index < -0.39 is 0 Å². The van der Waals surface area contributed by atoms with Crippen LogP contribution in [0.4, 0.5) is 45.5 Å². The van der Waals surface area contributed by atoms with Crippen molar-refractivity contribution < 1.29 is 0 Å². The number of benzene rings is 7. The lowest BCUT2D eigenvalue weighted by Crippen LogP contribution is -2.62. The Hall–Kier alpha value is -6.00. The van der Waals surface area contributed by atoms with Crippen molar-refractivity contribution in [2.24, 2.45) is 0 Å². The third kappa shape index (κ3) is 7.70. The minimum atomic E-state index is -0.152. The van der Waals surface area contributed by atoms with Crippen LogP contribution in [0, 0.1) is 6.92 Å². The van der Waals surface area contributed by atoms with E-state index in [0.717, 1.165) is 19.3 Å². The number of nitrogens with zero attached hydrogens (tertiary/aromatic N) is 3. The molecule has 0 spiro atoms. The molecule has 2 unspecified atom stereocenters. The highest BCUT2D eigenvalue weighted by molar-refractivity contribution is 7.00. The van der Waals surface area contributed by atoms with Gasteiger partial charge in [-0.1, -0.05) is 190 Å². The Morgan fingerprint density at radius 3 is 1.48 bits per heavy atom. The molecule has 1 fully saturated rings. The second-order valence-corrected chi connectivity index (χ2v) is 30.3. The van der Waals surface area contributed by atoms with Crippen molar-refractivity contribution >= 4 is 68.6 Å². The SMILES string of the molecule is Cc1cc(C(C)(C)C)ccc1N1c2cc(N3c4ccc(C(C)(C)C)cc4C4(C)CCC34C)ccc2B2c3cc4c(cc3N(c3ccc(C(C)(C)C)cc3-c3ccccc3)c3cc(C(C)(C)C)cc1c32)C(C)(C)CCC4(C)C. The van der Waals surface area contributed by atoms with E-state index in [-0.39, 0.29) is 50.2 Å². The largest absolute Gasteiger partial charge is 0.334 e. The molecule has 0 saturated heterocycles.